The normalized spacial score (nSPS) is 11.2. The van der Waals surface area contributed by atoms with Crippen molar-refractivity contribution in [2.45, 2.75) is 0 Å². The number of carbonyl (C=O) groups is 1. The Balaban J connectivity index is 1.45. The molecule has 5 aromatic rings. The predicted molar refractivity (Wildman–Crippen MR) is 106 cm³/mol. The Hall–Kier alpha value is -4.00. The number of amides is 1. The molecule has 1 N–H and O–H groups in total. The molecular weight excluding hydrogens is 354 g/mol. The van der Waals surface area contributed by atoms with E-state index in [2.05, 4.69) is 20.4 Å². The summed E-state index contributed by atoms with van der Waals surface area (Å²) in [6.07, 6.45) is 8.74. The van der Waals surface area contributed by atoms with Crippen molar-refractivity contribution in [3.8, 4) is 11.3 Å². The molecule has 28 heavy (non-hydrogen) atoms. The molecule has 1 amide bonds. The van der Waals surface area contributed by atoms with E-state index in [4.69, 9.17) is 4.42 Å². The second kappa shape index (κ2) is 6.31. The molecule has 0 spiro atoms. The summed E-state index contributed by atoms with van der Waals surface area (Å²) in [5.74, 6) is 0.254. The van der Waals surface area contributed by atoms with E-state index in [0.29, 0.717) is 11.4 Å². The number of anilines is 1. The highest BCUT2D eigenvalue weighted by molar-refractivity contribution is 6.06. The van der Waals surface area contributed by atoms with Crippen LogP contribution in [0.3, 0.4) is 0 Å². The van der Waals surface area contributed by atoms with Crippen LogP contribution in [0.15, 0.2) is 71.9 Å². The number of nitrogens with one attached hydrogen (secondary N) is 1. The van der Waals surface area contributed by atoms with Gasteiger partial charge in [0, 0.05) is 47.5 Å². The predicted octanol–water partition coefficient (Wildman–Crippen LogP) is 4.03. The van der Waals surface area contributed by atoms with Gasteiger partial charge in [0.25, 0.3) is 5.91 Å². The Morgan fingerprint density at radius 3 is 2.75 bits per heavy atom. The van der Waals surface area contributed by atoms with Gasteiger partial charge in [-0.05, 0) is 41.8 Å². The fourth-order valence-electron chi connectivity index (χ4n) is 3.11. The van der Waals surface area contributed by atoms with Gasteiger partial charge >= 0.3 is 0 Å². The Kier molecular flexibility index (Phi) is 3.65. The summed E-state index contributed by atoms with van der Waals surface area (Å²) in [6.45, 7) is 0. The van der Waals surface area contributed by atoms with E-state index in [1.54, 1.807) is 47.7 Å². The van der Waals surface area contributed by atoms with Gasteiger partial charge in [0.05, 0.1) is 18.2 Å². The molecule has 0 aliphatic heterocycles. The molecule has 0 unspecified atom stereocenters. The molecule has 5 rings (SSSR count). The van der Waals surface area contributed by atoms with Crippen LogP contribution in [0.2, 0.25) is 0 Å². The summed E-state index contributed by atoms with van der Waals surface area (Å²) < 4.78 is 7.04. The number of aromatic nitrogens is 4. The fraction of sp³-hybridized carbons (Fsp3) is 0.0476. The Morgan fingerprint density at radius 1 is 1.00 bits per heavy atom. The molecule has 0 aliphatic rings. The standard InChI is InChI=1S/C21H15N5O2/c1-26-12-17(11-24-26)18-7-15-8-20(23-10-16(15)9-22-18)25-21(27)14-2-3-19-13(6-14)4-5-28-19/h2-12H,1H3,(H,23,25,27). The van der Waals surface area contributed by atoms with Crippen molar-refractivity contribution in [2.75, 3.05) is 5.32 Å². The van der Waals surface area contributed by atoms with Crippen LogP contribution in [0.4, 0.5) is 5.82 Å². The van der Waals surface area contributed by atoms with Crippen molar-refractivity contribution in [3.05, 3.63) is 73.0 Å². The fourth-order valence-corrected chi connectivity index (χ4v) is 3.11. The maximum absolute atomic E-state index is 12.6. The van der Waals surface area contributed by atoms with Crippen molar-refractivity contribution in [2.24, 2.45) is 7.05 Å². The van der Waals surface area contributed by atoms with E-state index in [-0.39, 0.29) is 5.91 Å². The number of rotatable bonds is 3. The molecular formula is C21H15N5O2. The third-order valence-electron chi connectivity index (χ3n) is 4.56. The SMILES string of the molecule is Cn1cc(-c2cc3cc(NC(=O)c4ccc5occc5c4)ncc3cn2)cn1. The lowest BCUT2D eigenvalue weighted by molar-refractivity contribution is 0.102. The lowest BCUT2D eigenvalue weighted by Gasteiger charge is -2.07. The van der Waals surface area contributed by atoms with Crippen LogP contribution in [-0.2, 0) is 7.05 Å². The van der Waals surface area contributed by atoms with Crippen molar-refractivity contribution < 1.29 is 9.21 Å². The van der Waals surface area contributed by atoms with Crippen LogP contribution in [0.5, 0.6) is 0 Å². The first kappa shape index (κ1) is 16.2. The molecule has 0 fully saturated rings. The van der Waals surface area contributed by atoms with Gasteiger partial charge in [-0.2, -0.15) is 5.10 Å². The smallest absolute Gasteiger partial charge is 0.256 e. The molecule has 1 aromatic carbocycles. The van der Waals surface area contributed by atoms with Crippen LogP contribution in [-0.4, -0.2) is 25.7 Å². The molecule has 4 heterocycles. The molecule has 0 saturated carbocycles. The molecule has 136 valence electrons. The largest absolute Gasteiger partial charge is 0.464 e. The monoisotopic (exact) mass is 369 g/mol. The lowest BCUT2D eigenvalue weighted by atomic mass is 10.1. The highest BCUT2D eigenvalue weighted by Gasteiger charge is 2.10. The highest BCUT2D eigenvalue weighted by atomic mass is 16.3. The minimum absolute atomic E-state index is 0.225. The third-order valence-corrected chi connectivity index (χ3v) is 4.56. The van der Waals surface area contributed by atoms with Gasteiger partial charge in [-0.15, -0.1) is 0 Å². The zero-order chi connectivity index (χ0) is 19.1. The van der Waals surface area contributed by atoms with Crippen LogP contribution in [0.25, 0.3) is 33.0 Å². The number of fused-ring (bicyclic) bond motifs is 2. The summed E-state index contributed by atoms with van der Waals surface area (Å²) in [7, 11) is 1.86. The number of hydrogen-bond acceptors (Lipinski definition) is 5. The minimum Gasteiger partial charge on any atom is -0.464 e. The first-order chi connectivity index (χ1) is 13.7. The van der Waals surface area contributed by atoms with Crippen LogP contribution < -0.4 is 5.32 Å². The van der Waals surface area contributed by atoms with E-state index < -0.39 is 0 Å². The zero-order valence-corrected chi connectivity index (χ0v) is 15.0. The van der Waals surface area contributed by atoms with Gasteiger partial charge in [0.1, 0.15) is 11.4 Å². The maximum atomic E-state index is 12.6. The number of nitrogens with zero attached hydrogens (tertiary/aromatic N) is 4. The van der Waals surface area contributed by atoms with E-state index in [9.17, 15) is 4.79 Å². The van der Waals surface area contributed by atoms with Crippen molar-refractivity contribution in [1.82, 2.24) is 19.7 Å². The van der Waals surface area contributed by atoms with Crippen LogP contribution in [0, 0.1) is 0 Å². The van der Waals surface area contributed by atoms with Crippen LogP contribution >= 0.6 is 0 Å². The summed E-state index contributed by atoms with van der Waals surface area (Å²) in [5.41, 5.74) is 3.03. The van der Waals surface area contributed by atoms with Gasteiger partial charge < -0.3 is 9.73 Å². The number of hydrogen-bond donors (Lipinski definition) is 1. The van der Waals surface area contributed by atoms with Gasteiger partial charge in [0.2, 0.25) is 0 Å². The molecule has 0 radical (unpaired) electrons. The molecule has 7 heteroatoms. The van der Waals surface area contributed by atoms with Crippen molar-refractivity contribution >= 4 is 33.5 Å². The Labute approximate surface area is 159 Å². The first-order valence-electron chi connectivity index (χ1n) is 8.69. The number of carbonyl (C=O) groups excluding carboxylic acids is 1. The molecule has 7 nitrogen and oxygen atoms in total. The highest BCUT2D eigenvalue weighted by Crippen LogP contribution is 2.23. The molecule has 0 aliphatic carbocycles. The van der Waals surface area contributed by atoms with Gasteiger partial charge in [-0.25, -0.2) is 4.98 Å². The molecule has 0 saturated heterocycles. The quantitative estimate of drug-likeness (QED) is 0.519. The second-order valence-electron chi connectivity index (χ2n) is 6.52. The maximum Gasteiger partial charge on any atom is 0.256 e. The minimum atomic E-state index is -0.225. The molecule has 4 aromatic heterocycles. The van der Waals surface area contributed by atoms with Crippen molar-refractivity contribution in [1.29, 1.82) is 0 Å². The number of benzene rings is 1. The summed E-state index contributed by atoms with van der Waals surface area (Å²) in [4.78, 5) is 21.4. The van der Waals surface area contributed by atoms with E-state index >= 15 is 0 Å². The topological polar surface area (TPSA) is 85.8 Å². The average molecular weight is 369 g/mol. The average Bonchev–Trinajstić information content (AvgIpc) is 3.35. The number of aryl methyl sites for hydroxylation is 1. The summed E-state index contributed by atoms with van der Waals surface area (Å²) in [6, 6.07) is 10.9. The lowest BCUT2D eigenvalue weighted by Crippen LogP contribution is -2.12. The second-order valence-corrected chi connectivity index (χ2v) is 6.52. The Bertz CT molecular complexity index is 1340. The van der Waals surface area contributed by atoms with E-state index in [0.717, 1.165) is 33.0 Å². The van der Waals surface area contributed by atoms with E-state index in [1.165, 1.54) is 0 Å². The van der Waals surface area contributed by atoms with Crippen molar-refractivity contribution in [3.63, 3.8) is 0 Å². The zero-order valence-electron chi connectivity index (χ0n) is 15.0. The molecule has 0 atom stereocenters. The van der Waals surface area contributed by atoms with Gasteiger partial charge in [0.15, 0.2) is 0 Å². The third kappa shape index (κ3) is 2.88. The van der Waals surface area contributed by atoms with Gasteiger partial charge in [-0.1, -0.05) is 0 Å². The summed E-state index contributed by atoms with van der Waals surface area (Å²) >= 11 is 0. The Morgan fingerprint density at radius 2 is 1.89 bits per heavy atom. The summed E-state index contributed by atoms with van der Waals surface area (Å²) in [5, 5.41) is 9.74. The van der Waals surface area contributed by atoms with Gasteiger partial charge in [-0.3, -0.25) is 14.5 Å². The van der Waals surface area contributed by atoms with E-state index in [1.807, 2.05) is 31.4 Å². The van der Waals surface area contributed by atoms with Crippen LogP contribution in [0.1, 0.15) is 10.4 Å². The number of pyridine rings is 2. The first-order valence-corrected chi connectivity index (χ1v) is 8.69. The number of furan rings is 1. The molecule has 0 bridgehead atoms.